The summed E-state index contributed by atoms with van der Waals surface area (Å²) >= 11 is 0. The van der Waals surface area contributed by atoms with Gasteiger partial charge in [-0.2, -0.15) is 9.78 Å². The zero-order chi connectivity index (χ0) is 22.4. The van der Waals surface area contributed by atoms with Crippen molar-refractivity contribution in [2.24, 2.45) is 0 Å². The second-order valence-corrected chi connectivity index (χ2v) is 7.20. The Morgan fingerprint density at radius 1 is 1.22 bits per heavy atom. The van der Waals surface area contributed by atoms with E-state index in [9.17, 15) is 15.2 Å². The topological polar surface area (TPSA) is 129 Å². The number of aromatic amines is 1. The third-order valence-corrected chi connectivity index (χ3v) is 5.27. The standard InChI is InChI=1S/C23H17N5O4/c1-12-18(22-26-20-16(31-2)8-13(11-29)9-17(20)32-22)23(30)28-21(25-12)19(15(10-24)27-28)14-6-4-3-5-7-14/h3-9,27,29H,11H2,1-2H3. The predicted molar refractivity (Wildman–Crippen MR) is 116 cm³/mol. The van der Waals surface area contributed by atoms with Crippen LogP contribution in [0.15, 0.2) is 51.7 Å². The number of nitriles is 1. The Morgan fingerprint density at radius 3 is 2.69 bits per heavy atom. The van der Waals surface area contributed by atoms with Crippen LogP contribution >= 0.6 is 0 Å². The van der Waals surface area contributed by atoms with Crippen LogP contribution in [0.25, 0.3) is 39.3 Å². The highest BCUT2D eigenvalue weighted by Crippen LogP contribution is 2.32. The summed E-state index contributed by atoms with van der Waals surface area (Å²) in [5.74, 6) is 0.499. The van der Waals surface area contributed by atoms with Crippen LogP contribution in [-0.4, -0.2) is 31.8 Å². The molecule has 32 heavy (non-hydrogen) atoms. The second kappa shape index (κ2) is 7.37. The van der Waals surface area contributed by atoms with Crippen molar-refractivity contribution in [2.75, 3.05) is 7.11 Å². The van der Waals surface area contributed by atoms with Gasteiger partial charge in [0.25, 0.3) is 5.56 Å². The van der Waals surface area contributed by atoms with Gasteiger partial charge in [-0.15, -0.1) is 0 Å². The SMILES string of the molecule is COc1cc(CO)cc2oc(-c3c(C)nc4c(-c5ccccc5)c(C#N)[nH]n4c3=O)nc12. The monoisotopic (exact) mass is 427 g/mol. The summed E-state index contributed by atoms with van der Waals surface area (Å²) in [6, 6.07) is 14.7. The highest BCUT2D eigenvalue weighted by Gasteiger charge is 2.23. The Kier molecular flexibility index (Phi) is 4.50. The van der Waals surface area contributed by atoms with Crippen molar-refractivity contribution in [3.63, 3.8) is 0 Å². The van der Waals surface area contributed by atoms with Gasteiger partial charge in [0.05, 0.1) is 25.0 Å². The van der Waals surface area contributed by atoms with E-state index in [-0.39, 0.29) is 23.8 Å². The Hall–Kier alpha value is -4.42. The number of fused-ring (bicyclic) bond motifs is 2. The fourth-order valence-electron chi connectivity index (χ4n) is 3.79. The molecule has 0 saturated carbocycles. The summed E-state index contributed by atoms with van der Waals surface area (Å²) in [6.07, 6.45) is 0. The first-order chi connectivity index (χ1) is 15.5. The minimum Gasteiger partial charge on any atom is -0.494 e. The van der Waals surface area contributed by atoms with E-state index in [0.29, 0.717) is 39.3 Å². The number of oxazole rings is 1. The number of benzene rings is 2. The first-order valence-electron chi connectivity index (χ1n) is 9.75. The second-order valence-electron chi connectivity index (χ2n) is 7.20. The number of ether oxygens (including phenoxy) is 1. The van der Waals surface area contributed by atoms with E-state index < -0.39 is 5.56 Å². The fourth-order valence-corrected chi connectivity index (χ4v) is 3.79. The van der Waals surface area contributed by atoms with Crippen LogP contribution in [0.4, 0.5) is 0 Å². The lowest BCUT2D eigenvalue weighted by molar-refractivity contribution is 0.281. The van der Waals surface area contributed by atoms with Crippen LogP contribution in [0.5, 0.6) is 5.75 Å². The van der Waals surface area contributed by atoms with Crippen LogP contribution in [0.3, 0.4) is 0 Å². The summed E-state index contributed by atoms with van der Waals surface area (Å²) in [5, 5.41) is 22.0. The molecule has 9 nitrogen and oxygen atoms in total. The number of methoxy groups -OCH3 is 1. The maximum absolute atomic E-state index is 13.4. The molecule has 0 spiro atoms. The van der Waals surface area contributed by atoms with Gasteiger partial charge in [-0.3, -0.25) is 9.89 Å². The number of nitrogens with one attached hydrogen (secondary N) is 1. The molecule has 2 aromatic carbocycles. The van der Waals surface area contributed by atoms with Crippen molar-refractivity contribution in [2.45, 2.75) is 13.5 Å². The van der Waals surface area contributed by atoms with Gasteiger partial charge in [0.1, 0.15) is 23.1 Å². The normalized spacial score (nSPS) is 11.2. The third-order valence-electron chi connectivity index (χ3n) is 5.27. The lowest BCUT2D eigenvalue weighted by atomic mass is 10.1. The van der Waals surface area contributed by atoms with Crippen LogP contribution in [0.2, 0.25) is 0 Å². The smallest absolute Gasteiger partial charge is 0.285 e. The minimum atomic E-state index is -0.445. The Balaban J connectivity index is 1.78. The van der Waals surface area contributed by atoms with Gasteiger partial charge in [-0.1, -0.05) is 30.3 Å². The number of hydrogen-bond donors (Lipinski definition) is 2. The molecule has 0 atom stereocenters. The summed E-state index contributed by atoms with van der Waals surface area (Å²) in [7, 11) is 1.49. The highest BCUT2D eigenvalue weighted by atomic mass is 16.5. The van der Waals surface area contributed by atoms with E-state index in [1.54, 1.807) is 19.1 Å². The Bertz CT molecular complexity index is 1590. The third kappa shape index (κ3) is 2.85. The van der Waals surface area contributed by atoms with E-state index in [1.807, 2.05) is 30.3 Å². The van der Waals surface area contributed by atoms with Crippen molar-refractivity contribution >= 4 is 16.7 Å². The Morgan fingerprint density at radius 2 is 2.00 bits per heavy atom. The van der Waals surface area contributed by atoms with Crippen LogP contribution < -0.4 is 10.3 Å². The molecule has 0 fully saturated rings. The molecular weight excluding hydrogens is 410 g/mol. The molecule has 2 N–H and O–H groups in total. The maximum Gasteiger partial charge on any atom is 0.285 e. The molecule has 3 heterocycles. The lowest BCUT2D eigenvalue weighted by Crippen LogP contribution is -2.19. The molecule has 0 amide bonds. The molecule has 0 aliphatic carbocycles. The zero-order valence-electron chi connectivity index (χ0n) is 17.2. The molecule has 0 bridgehead atoms. The van der Waals surface area contributed by atoms with Crippen molar-refractivity contribution < 1.29 is 14.3 Å². The molecular formula is C23H17N5O4. The number of H-pyrrole nitrogens is 1. The average molecular weight is 427 g/mol. The zero-order valence-corrected chi connectivity index (χ0v) is 17.2. The molecule has 158 valence electrons. The van der Waals surface area contributed by atoms with E-state index in [2.05, 4.69) is 21.1 Å². The number of nitrogens with zero attached hydrogens (tertiary/aromatic N) is 4. The summed E-state index contributed by atoms with van der Waals surface area (Å²) < 4.78 is 12.5. The Labute approximate surface area is 181 Å². The van der Waals surface area contributed by atoms with Crippen molar-refractivity contribution in [1.29, 1.82) is 5.26 Å². The number of aliphatic hydroxyl groups is 1. The fraction of sp³-hybridized carbons (Fsp3) is 0.130. The van der Waals surface area contributed by atoms with Gasteiger partial charge in [-0.05, 0) is 30.2 Å². The first-order valence-corrected chi connectivity index (χ1v) is 9.75. The number of aryl methyl sites for hydroxylation is 1. The van der Waals surface area contributed by atoms with E-state index >= 15 is 0 Å². The largest absolute Gasteiger partial charge is 0.494 e. The summed E-state index contributed by atoms with van der Waals surface area (Å²) in [4.78, 5) is 22.5. The van der Waals surface area contributed by atoms with Crippen molar-refractivity contribution in [3.05, 3.63) is 69.8 Å². The number of hydrogen-bond acceptors (Lipinski definition) is 7. The molecule has 0 radical (unpaired) electrons. The number of aromatic nitrogens is 4. The highest BCUT2D eigenvalue weighted by molar-refractivity contribution is 5.85. The average Bonchev–Trinajstić information content (AvgIpc) is 3.40. The molecule has 9 heteroatoms. The molecule has 0 aliphatic heterocycles. The molecule has 5 aromatic rings. The maximum atomic E-state index is 13.4. The van der Waals surface area contributed by atoms with Crippen LogP contribution in [0.1, 0.15) is 17.0 Å². The van der Waals surface area contributed by atoms with Gasteiger partial charge in [-0.25, -0.2) is 9.97 Å². The number of rotatable bonds is 4. The molecule has 0 saturated heterocycles. The molecule has 5 rings (SSSR count). The molecule has 0 aliphatic rings. The summed E-state index contributed by atoms with van der Waals surface area (Å²) in [6.45, 7) is 1.50. The van der Waals surface area contributed by atoms with Gasteiger partial charge >= 0.3 is 0 Å². The van der Waals surface area contributed by atoms with Gasteiger partial charge in [0, 0.05) is 0 Å². The van der Waals surface area contributed by atoms with E-state index in [4.69, 9.17) is 9.15 Å². The van der Waals surface area contributed by atoms with Crippen LogP contribution in [-0.2, 0) is 6.61 Å². The first kappa shape index (κ1) is 19.5. The molecule has 0 unspecified atom stereocenters. The van der Waals surface area contributed by atoms with Crippen molar-refractivity contribution in [3.8, 4) is 34.4 Å². The summed E-state index contributed by atoms with van der Waals surface area (Å²) in [5.41, 5.74) is 3.41. The van der Waals surface area contributed by atoms with Gasteiger partial charge < -0.3 is 14.3 Å². The predicted octanol–water partition coefficient (Wildman–Crippen LogP) is 3.18. The molecule has 3 aromatic heterocycles. The van der Waals surface area contributed by atoms with Crippen molar-refractivity contribution in [1.82, 2.24) is 19.6 Å². The lowest BCUT2D eigenvalue weighted by Gasteiger charge is -2.03. The van der Waals surface area contributed by atoms with Gasteiger partial charge in [0.2, 0.25) is 5.89 Å². The van der Waals surface area contributed by atoms with Gasteiger partial charge in [0.15, 0.2) is 16.7 Å². The van der Waals surface area contributed by atoms with E-state index in [1.165, 1.54) is 11.6 Å². The van der Waals surface area contributed by atoms with E-state index in [0.717, 1.165) is 5.56 Å². The van der Waals surface area contributed by atoms with Crippen LogP contribution in [0, 0.1) is 18.3 Å². The quantitative estimate of drug-likeness (QED) is 0.450. The number of aliphatic hydroxyl groups excluding tert-OH is 1. The minimum absolute atomic E-state index is 0.0761.